The van der Waals surface area contributed by atoms with Gasteiger partial charge in [-0.3, -0.25) is 0 Å². The van der Waals surface area contributed by atoms with Crippen LogP contribution in [0.5, 0.6) is 0 Å². The van der Waals surface area contributed by atoms with Crippen LogP contribution in [0.25, 0.3) is 0 Å². The van der Waals surface area contributed by atoms with E-state index in [1.54, 1.807) is 0 Å². The van der Waals surface area contributed by atoms with Gasteiger partial charge in [0.2, 0.25) is 0 Å². The number of hydrogen-bond acceptors (Lipinski definition) is 3. The van der Waals surface area contributed by atoms with Crippen molar-refractivity contribution in [2.45, 2.75) is 104 Å². The molecule has 10 atom stereocenters. The van der Waals surface area contributed by atoms with Crippen molar-refractivity contribution in [3.63, 3.8) is 0 Å². The Kier molecular flexibility index (Phi) is 3.78. The van der Waals surface area contributed by atoms with E-state index in [0.717, 1.165) is 37.0 Å². The molecule has 5 aliphatic rings. The molecule has 5 rings (SSSR count). The predicted molar refractivity (Wildman–Crippen MR) is 101 cm³/mol. The van der Waals surface area contributed by atoms with Crippen molar-refractivity contribution in [2.24, 2.45) is 40.4 Å². The smallest absolute Gasteiger partial charge is 0.163 e. The zero-order valence-electron chi connectivity index (χ0n) is 17.3. The fraction of sp³-hybridized carbons (Fsp3) is 1.00. The molecule has 1 aliphatic heterocycles. The minimum Gasteiger partial charge on any atom is -0.393 e. The molecule has 1 heterocycles. The van der Waals surface area contributed by atoms with E-state index in [-0.39, 0.29) is 18.3 Å². The van der Waals surface area contributed by atoms with Gasteiger partial charge in [-0.05, 0) is 99.2 Å². The zero-order chi connectivity index (χ0) is 18.5. The summed E-state index contributed by atoms with van der Waals surface area (Å²) in [5, 5.41) is 10.4. The lowest BCUT2D eigenvalue weighted by Gasteiger charge is -2.63. The first kappa shape index (κ1) is 17.9. The molecule has 1 N–H and O–H groups in total. The Balaban J connectivity index is 1.58. The molecule has 0 radical (unpaired) electrons. The largest absolute Gasteiger partial charge is 0.393 e. The summed E-state index contributed by atoms with van der Waals surface area (Å²) in [4.78, 5) is 0. The van der Waals surface area contributed by atoms with Crippen molar-refractivity contribution in [1.29, 1.82) is 0 Å². The second-order valence-corrected chi connectivity index (χ2v) is 11.4. The van der Waals surface area contributed by atoms with Crippen LogP contribution in [0.3, 0.4) is 0 Å². The first-order chi connectivity index (χ1) is 12.2. The molecule has 26 heavy (non-hydrogen) atoms. The summed E-state index contributed by atoms with van der Waals surface area (Å²) in [6.07, 6.45) is 8.75. The molecule has 1 saturated heterocycles. The molecule has 4 saturated carbocycles. The van der Waals surface area contributed by atoms with Crippen molar-refractivity contribution >= 4 is 0 Å². The fourth-order valence-electron chi connectivity index (χ4n) is 8.42. The molecule has 148 valence electrons. The number of hydrogen-bond donors (Lipinski definition) is 1. The van der Waals surface area contributed by atoms with Crippen LogP contribution in [0.1, 0.15) is 79.6 Å². The topological polar surface area (TPSA) is 38.7 Å². The fourth-order valence-corrected chi connectivity index (χ4v) is 8.42. The highest BCUT2D eigenvalue weighted by Crippen LogP contribution is 2.69. The van der Waals surface area contributed by atoms with Crippen LogP contribution in [0.2, 0.25) is 0 Å². The van der Waals surface area contributed by atoms with Crippen LogP contribution in [0.4, 0.5) is 0 Å². The summed E-state index contributed by atoms with van der Waals surface area (Å²) < 4.78 is 13.2. The summed E-state index contributed by atoms with van der Waals surface area (Å²) in [5.74, 6) is 2.96. The van der Waals surface area contributed by atoms with Crippen molar-refractivity contribution in [2.75, 3.05) is 0 Å². The van der Waals surface area contributed by atoms with Gasteiger partial charge in [-0.2, -0.15) is 0 Å². The monoisotopic (exact) mass is 362 g/mol. The normalized spacial score (nSPS) is 60.7. The Morgan fingerprint density at radius 1 is 0.769 bits per heavy atom. The molecule has 3 nitrogen and oxygen atoms in total. The Hall–Kier alpha value is -0.120. The van der Waals surface area contributed by atoms with Crippen molar-refractivity contribution in [3.05, 3.63) is 0 Å². The Labute approximate surface area is 159 Å². The van der Waals surface area contributed by atoms with Gasteiger partial charge in [0.05, 0.1) is 18.3 Å². The van der Waals surface area contributed by atoms with Crippen molar-refractivity contribution in [1.82, 2.24) is 0 Å². The van der Waals surface area contributed by atoms with Gasteiger partial charge >= 0.3 is 0 Å². The molecule has 5 fully saturated rings. The van der Waals surface area contributed by atoms with Crippen LogP contribution in [-0.4, -0.2) is 29.2 Å². The third kappa shape index (κ3) is 2.23. The molecule has 3 heteroatoms. The number of fused-ring (bicyclic) bond motifs is 8. The van der Waals surface area contributed by atoms with Gasteiger partial charge in [-0.25, -0.2) is 0 Å². The number of ether oxygens (including phenoxy) is 2. The van der Waals surface area contributed by atoms with E-state index in [9.17, 15) is 5.11 Å². The highest BCUT2D eigenvalue weighted by atomic mass is 16.8. The van der Waals surface area contributed by atoms with Gasteiger partial charge < -0.3 is 14.6 Å². The van der Waals surface area contributed by atoms with Crippen LogP contribution < -0.4 is 0 Å². The standard InChI is InChI=1S/C23H38O3/c1-13-6-7-15-18-16(9-11-22(13,15)4)23(5)10-8-14(24)12-17(23)19-20(18)26-21(2,3)25-19/h13-20,24H,6-12H2,1-5H3/t13-,14+,15?,16?,17?,18?,19+,20+,22+,23+/m0/s1. The molecule has 0 aromatic carbocycles. The average molecular weight is 363 g/mol. The van der Waals surface area contributed by atoms with E-state index in [0.29, 0.717) is 22.7 Å². The lowest BCUT2D eigenvalue weighted by molar-refractivity contribution is -0.188. The minimum atomic E-state index is -0.481. The maximum atomic E-state index is 10.4. The predicted octanol–water partition coefficient (Wildman–Crippen LogP) is 4.77. The molecule has 4 unspecified atom stereocenters. The van der Waals surface area contributed by atoms with Gasteiger partial charge in [-0.1, -0.05) is 20.8 Å². The third-order valence-electron chi connectivity index (χ3n) is 9.98. The van der Waals surface area contributed by atoms with E-state index in [1.165, 1.54) is 25.7 Å². The maximum absolute atomic E-state index is 10.4. The first-order valence-corrected chi connectivity index (χ1v) is 11.2. The average Bonchev–Trinajstić information content (AvgIpc) is 3.05. The molecule has 0 bridgehead atoms. The molecule has 0 amide bonds. The van der Waals surface area contributed by atoms with Crippen LogP contribution in [0, 0.1) is 40.4 Å². The third-order valence-corrected chi connectivity index (χ3v) is 9.98. The summed E-state index contributed by atoms with van der Waals surface area (Å²) in [6, 6.07) is 0. The summed E-state index contributed by atoms with van der Waals surface area (Å²) in [6.45, 7) is 11.8. The van der Waals surface area contributed by atoms with E-state index in [4.69, 9.17) is 9.47 Å². The molecule has 4 aliphatic carbocycles. The van der Waals surface area contributed by atoms with Gasteiger partial charge in [0.25, 0.3) is 0 Å². The number of aliphatic hydroxyl groups excluding tert-OH is 1. The van der Waals surface area contributed by atoms with Crippen molar-refractivity contribution in [3.8, 4) is 0 Å². The minimum absolute atomic E-state index is 0.155. The second kappa shape index (κ2) is 5.48. The van der Waals surface area contributed by atoms with E-state index in [1.807, 2.05) is 0 Å². The van der Waals surface area contributed by atoms with E-state index in [2.05, 4.69) is 34.6 Å². The van der Waals surface area contributed by atoms with Crippen LogP contribution in [-0.2, 0) is 9.47 Å². The summed E-state index contributed by atoms with van der Waals surface area (Å²) in [7, 11) is 0. The summed E-state index contributed by atoms with van der Waals surface area (Å²) in [5.41, 5.74) is 0.793. The number of rotatable bonds is 0. The molecule has 0 aromatic rings. The maximum Gasteiger partial charge on any atom is 0.163 e. The van der Waals surface area contributed by atoms with Gasteiger partial charge in [0, 0.05) is 0 Å². The molecule has 0 spiro atoms. The highest BCUT2D eigenvalue weighted by molar-refractivity contribution is 5.15. The number of aliphatic hydroxyl groups is 1. The lowest BCUT2D eigenvalue weighted by Crippen LogP contribution is -2.63. The molecular formula is C23H38O3. The molecule has 0 aromatic heterocycles. The van der Waals surface area contributed by atoms with E-state index >= 15 is 0 Å². The second-order valence-electron chi connectivity index (χ2n) is 11.4. The summed E-state index contributed by atoms with van der Waals surface area (Å²) >= 11 is 0. The van der Waals surface area contributed by atoms with Gasteiger partial charge in [0.1, 0.15) is 0 Å². The quantitative estimate of drug-likeness (QED) is 0.675. The Bertz CT molecular complexity index is 588. The van der Waals surface area contributed by atoms with Crippen molar-refractivity contribution < 1.29 is 14.6 Å². The van der Waals surface area contributed by atoms with Crippen LogP contribution in [0.15, 0.2) is 0 Å². The van der Waals surface area contributed by atoms with Gasteiger partial charge in [-0.15, -0.1) is 0 Å². The Morgan fingerprint density at radius 2 is 1.42 bits per heavy atom. The lowest BCUT2D eigenvalue weighted by atomic mass is 9.43. The Morgan fingerprint density at radius 3 is 2.19 bits per heavy atom. The SMILES string of the molecule is C[C@H]1CCC2C3C(CC[C@@]21C)[C@@]1(C)CC[C@@H](O)CC1[C@H]1OC(C)(C)O[C@H]31. The van der Waals surface area contributed by atoms with E-state index < -0.39 is 5.79 Å². The van der Waals surface area contributed by atoms with Gasteiger partial charge in [0.15, 0.2) is 5.79 Å². The van der Waals surface area contributed by atoms with Crippen LogP contribution >= 0.6 is 0 Å². The zero-order valence-corrected chi connectivity index (χ0v) is 17.3. The highest BCUT2D eigenvalue weighted by Gasteiger charge is 2.68. The molecular weight excluding hydrogens is 324 g/mol. The first-order valence-electron chi connectivity index (χ1n) is 11.2.